The summed E-state index contributed by atoms with van der Waals surface area (Å²) in [5, 5.41) is 79.5. The van der Waals surface area contributed by atoms with E-state index in [4.69, 9.17) is 9.47 Å². The van der Waals surface area contributed by atoms with Crippen LogP contribution < -0.4 is 0 Å². The molecule has 1 aliphatic carbocycles. The van der Waals surface area contributed by atoms with E-state index >= 15 is 0 Å². The van der Waals surface area contributed by atoms with Crippen LogP contribution in [0.25, 0.3) is 0 Å². The quantitative estimate of drug-likeness (QED) is 0.256. The summed E-state index contributed by atoms with van der Waals surface area (Å²) in [6.45, 7) is 0. The normalized spacial score (nSPS) is 25.8. The lowest BCUT2D eigenvalue weighted by molar-refractivity contribution is -0.196. The van der Waals surface area contributed by atoms with Crippen molar-refractivity contribution in [1.82, 2.24) is 0 Å². The van der Waals surface area contributed by atoms with Crippen LogP contribution in [0.4, 0.5) is 0 Å². The lowest BCUT2D eigenvalue weighted by Gasteiger charge is -2.41. The Morgan fingerprint density at radius 1 is 0.906 bits per heavy atom. The molecule has 0 spiro atoms. The highest BCUT2D eigenvalue weighted by Gasteiger charge is 2.42. The Morgan fingerprint density at radius 3 is 2.16 bits per heavy atom. The lowest BCUT2D eigenvalue weighted by atomic mass is 9.83. The summed E-state index contributed by atoms with van der Waals surface area (Å²) < 4.78 is 11.7. The van der Waals surface area contributed by atoms with Gasteiger partial charge in [-0.2, -0.15) is 0 Å². The van der Waals surface area contributed by atoms with Crippen molar-refractivity contribution < 1.29 is 50.3 Å². The molecule has 2 aliphatic rings. The Balaban J connectivity index is 1.68. The van der Waals surface area contributed by atoms with Gasteiger partial charge in [0.25, 0.3) is 0 Å². The van der Waals surface area contributed by atoms with Crippen molar-refractivity contribution in [2.24, 2.45) is 5.92 Å². The van der Waals surface area contributed by atoms with Gasteiger partial charge in [0, 0.05) is 29.2 Å². The number of aromatic hydroxyl groups is 5. The maximum Gasteiger partial charge on any atom is 0.200 e. The van der Waals surface area contributed by atoms with Crippen molar-refractivity contribution in [2.75, 3.05) is 0 Å². The predicted octanol–water partition coefficient (Wildman–Crippen LogP) is 2.07. The topological polar surface area (TPSA) is 180 Å². The molecule has 5 atom stereocenters. The summed E-state index contributed by atoms with van der Waals surface area (Å²) in [7, 11) is 0. The van der Waals surface area contributed by atoms with E-state index < -0.39 is 47.8 Å². The lowest BCUT2D eigenvalue weighted by Crippen LogP contribution is -2.39. The van der Waals surface area contributed by atoms with Crippen LogP contribution in [0.5, 0.6) is 28.7 Å². The van der Waals surface area contributed by atoms with Crippen LogP contribution in [-0.2, 0) is 9.47 Å². The molecule has 2 aromatic carbocycles. The third-order valence-electron chi connectivity index (χ3n) is 5.43. The number of aliphatic hydroxyl groups excluding tert-OH is 3. The van der Waals surface area contributed by atoms with Gasteiger partial charge in [0.2, 0.25) is 0 Å². The van der Waals surface area contributed by atoms with Crippen LogP contribution in [0, 0.1) is 5.92 Å². The molecule has 0 saturated carbocycles. The van der Waals surface area contributed by atoms with E-state index in [1.54, 1.807) is 0 Å². The zero-order valence-electron chi connectivity index (χ0n) is 16.5. The summed E-state index contributed by atoms with van der Waals surface area (Å²) in [6.07, 6.45) is -1.97. The Labute approximate surface area is 181 Å². The molecular formula is C22H22O10. The fraction of sp³-hybridized carbons (Fsp3) is 0.273. The molecule has 10 heteroatoms. The SMILES string of the molecule is OC1=CC(O)C2C[C@@H](OC(O)c3cc(O)c(O)c(O)c3)[C@@H](c3cc(O)cc(O)c3)OC2=C1. The highest BCUT2D eigenvalue weighted by atomic mass is 16.6. The van der Waals surface area contributed by atoms with Crippen LogP contribution in [0.3, 0.4) is 0 Å². The third-order valence-corrected chi connectivity index (χ3v) is 5.43. The van der Waals surface area contributed by atoms with Gasteiger partial charge >= 0.3 is 0 Å². The second kappa shape index (κ2) is 8.15. The maximum absolute atomic E-state index is 10.6. The predicted molar refractivity (Wildman–Crippen MR) is 108 cm³/mol. The Hall–Kier alpha value is -3.60. The van der Waals surface area contributed by atoms with Gasteiger partial charge in [0.05, 0.1) is 6.10 Å². The van der Waals surface area contributed by atoms with Crippen molar-refractivity contribution >= 4 is 0 Å². The largest absolute Gasteiger partial charge is 0.508 e. The molecule has 1 aliphatic heterocycles. The monoisotopic (exact) mass is 446 g/mol. The van der Waals surface area contributed by atoms with Crippen molar-refractivity contribution in [3.8, 4) is 28.7 Å². The van der Waals surface area contributed by atoms with Crippen molar-refractivity contribution in [2.45, 2.75) is 31.0 Å². The van der Waals surface area contributed by atoms with Gasteiger partial charge in [-0.15, -0.1) is 0 Å². The Bertz CT molecular complexity index is 1050. The summed E-state index contributed by atoms with van der Waals surface area (Å²) >= 11 is 0. The van der Waals surface area contributed by atoms with Gasteiger partial charge in [-0.1, -0.05) is 0 Å². The third kappa shape index (κ3) is 4.11. The molecule has 0 bridgehead atoms. The van der Waals surface area contributed by atoms with Crippen LogP contribution in [0.2, 0.25) is 0 Å². The average Bonchev–Trinajstić information content (AvgIpc) is 2.70. The highest BCUT2D eigenvalue weighted by molar-refractivity contribution is 5.51. The van der Waals surface area contributed by atoms with E-state index in [2.05, 4.69) is 0 Å². The first-order valence-electron chi connectivity index (χ1n) is 9.70. The molecule has 1 fully saturated rings. The smallest absolute Gasteiger partial charge is 0.200 e. The summed E-state index contributed by atoms with van der Waals surface area (Å²) in [5.41, 5.74) is 0.248. The molecule has 170 valence electrons. The van der Waals surface area contributed by atoms with Crippen LogP contribution in [-0.4, -0.2) is 53.1 Å². The van der Waals surface area contributed by atoms with E-state index in [1.807, 2.05) is 0 Å². The van der Waals surface area contributed by atoms with E-state index in [-0.39, 0.29) is 35.0 Å². The molecule has 32 heavy (non-hydrogen) atoms. The molecule has 0 amide bonds. The molecule has 0 aromatic heterocycles. The first kappa shape index (κ1) is 21.6. The number of hydrogen-bond acceptors (Lipinski definition) is 10. The fourth-order valence-corrected chi connectivity index (χ4v) is 3.94. The van der Waals surface area contributed by atoms with Gasteiger partial charge < -0.3 is 50.3 Å². The number of rotatable bonds is 4. The van der Waals surface area contributed by atoms with Gasteiger partial charge in [-0.25, -0.2) is 0 Å². The molecule has 3 unspecified atom stereocenters. The molecule has 0 radical (unpaired) electrons. The summed E-state index contributed by atoms with van der Waals surface area (Å²) in [5.74, 6) is -3.07. The van der Waals surface area contributed by atoms with E-state index in [1.165, 1.54) is 24.3 Å². The maximum atomic E-state index is 10.6. The zero-order valence-corrected chi connectivity index (χ0v) is 16.5. The number of fused-ring (bicyclic) bond motifs is 1. The highest BCUT2D eigenvalue weighted by Crippen LogP contribution is 2.45. The van der Waals surface area contributed by atoms with Crippen LogP contribution in [0.1, 0.15) is 29.9 Å². The first-order chi connectivity index (χ1) is 15.1. The standard InChI is InChI=1S/C22H22O10/c23-11-1-9(2-12(24)5-11)21-19(8-14-15(26)6-13(25)7-18(14)31-21)32-22(30)10-3-16(27)20(29)17(28)4-10/h1-7,14-15,19,21-30H,8H2/t14?,15?,19-,21-,22?/m1/s1. The van der Waals surface area contributed by atoms with E-state index in [0.29, 0.717) is 5.56 Å². The minimum absolute atomic E-state index is 0.0571. The molecule has 1 saturated heterocycles. The fourth-order valence-electron chi connectivity index (χ4n) is 3.94. The Morgan fingerprint density at radius 2 is 1.53 bits per heavy atom. The van der Waals surface area contributed by atoms with Crippen molar-refractivity contribution in [1.29, 1.82) is 0 Å². The number of hydrogen-bond donors (Lipinski definition) is 8. The van der Waals surface area contributed by atoms with Crippen molar-refractivity contribution in [3.63, 3.8) is 0 Å². The van der Waals surface area contributed by atoms with Gasteiger partial charge in [0.1, 0.15) is 35.2 Å². The van der Waals surface area contributed by atoms with E-state index in [9.17, 15) is 40.9 Å². The summed E-state index contributed by atoms with van der Waals surface area (Å²) in [4.78, 5) is 0. The van der Waals surface area contributed by atoms with Crippen LogP contribution >= 0.6 is 0 Å². The Kier molecular flexibility index (Phi) is 5.51. The second-order valence-electron chi connectivity index (χ2n) is 7.73. The van der Waals surface area contributed by atoms with Crippen molar-refractivity contribution in [3.05, 3.63) is 65.1 Å². The molecule has 8 N–H and O–H groups in total. The molecule has 4 rings (SSSR count). The minimum Gasteiger partial charge on any atom is -0.508 e. The van der Waals surface area contributed by atoms with Gasteiger partial charge in [0.15, 0.2) is 23.5 Å². The number of benzene rings is 2. The molecule has 2 aromatic rings. The average molecular weight is 446 g/mol. The molecule has 1 heterocycles. The van der Waals surface area contributed by atoms with Crippen LogP contribution in [0.15, 0.2) is 54.0 Å². The molecular weight excluding hydrogens is 424 g/mol. The minimum atomic E-state index is -1.68. The van der Waals surface area contributed by atoms with Gasteiger partial charge in [-0.05, 0) is 36.8 Å². The molecule has 10 nitrogen and oxygen atoms in total. The van der Waals surface area contributed by atoms with E-state index in [0.717, 1.165) is 18.2 Å². The number of allylic oxidation sites excluding steroid dienone is 1. The van der Waals surface area contributed by atoms with Gasteiger partial charge in [-0.3, -0.25) is 0 Å². The summed E-state index contributed by atoms with van der Waals surface area (Å²) in [6, 6.07) is 5.82. The number of aliphatic hydroxyl groups is 3. The number of phenols is 5. The number of phenolic OH excluding ortho intramolecular Hbond substituents is 5. The zero-order chi connectivity index (χ0) is 23.2. The second-order valence-corrected chi connectivity index (χ2v) is 7.73. The first-order valence-corrected chi connectivity index (χ1v) is 9.70. The number of ether oxygens (including phenoxy) is 2.